The fraction of sp³-hybridized carbons (Fsp3) is 0.391. The van der Waals surface area contributed by atoms with Crippen molar-refractivity contribution in [3.63, 3.8) is 0 Å². The van der Waals surface area contributed by atoms with Gasteiger partial charge >= 0.3 is 5.97 Å². The van der Waals surface area contributed by atoms with Crippen LogP contribution in [0.5, 0.6) is 0 Å². The second-order valence-electron chi connectivity index (χ2n) is 8.08. The van der Waals surface area contributed by atoms with E-state index in [1.807, 2.05) is 100 Å². The summed E-state index contributed by atoms with van der Waals surface area (Å²) < 4.78 is 5.47. The molecule has 5 heteroatoms. The van der Waals surface area contributed by atoms with Gasteiger partial charge in [-0.1, -0.05) is 50.2 Å². The molecule has 5 nitrogen and oxygen atoms in total. The summed E-state index contributed by atoms with van der Waals surface area (Å²) in [4.78, 5) is 27.3. The van der Waals surface area contributed by atoms with E-state index in [0.29, 0.717) is 0 Å². The summed E-state index contributed by atoms with van der Waals surface area (Å²) >= 11 is 0. The average Bonchev–Trinajstić information content (AvgIpc) is 2.64. The van der Waals surface area contributed by atoms with Crippen molar-refractivity contribution in [1.82, 2.24) is 5.32 Å². The van der Waals surface area contributed by atoms with E-state index in [-0.39, 0.29) is 18.4 Å². The molecule has 0 unspecified atom stereocenters. The number of nitrogens with zero attached hydrogens (tertiary/aromatic N) is 1. The lowest BCUT2D eigenvalue weighted by Crippen LogP contribution is -2.49. The third kappa shape index (κ3) is 6.41. The van der Waals surface area contributed by atoms with E-state index >= 15 is 0 Å². The van der Waals surface area contributed by atoms with Crippen LogP contribution in [0.25, 0.3) is 0 Å². The van der Waals surface area contributed by atoms with Crippen LogP contribution in [0.3, 0.4) is 0 Å². The van der Waals surface area contributed by atoms with Crippen LogP contribution in [-0.2, 0) is 14.3 Å². The van der Waals surface area contributed by atoms with Crippen molar-refractivity contribution in [2.75, 3.05) is 11.4 Å². The molecule has 28 heavy (non-hydrogen) atoms. The zero-order valence-electron chi connectivity index (χ0n) is 17.3. The number of carbonyl (C=O) groups is 2. The minimum absolute atomic E-state index is 0.0827. The van der Waals surface area contributed by atoms with Crippen molar-refractivity contribution in [3.8, 4) is 0 Å². The molecule has 0 heterocycles. The fourth-order valence-corrected chi connectivity index (χ4v) is 2.77. The van der Waals surface area contributed by atoms with Crippen molar-refractivity contribution in [1.29, 1.82) is 0 Å². The minimum Gasteiger partial charge on any atom is -0.458 e. The van der Waals surface area contributed by atoms with Gasteiger partial charge in [0.1, 0.15) is 18.2 Å². The van der Waals surface area contributed by atoms with Gasteiger partial charge in [0.15, 0.2) is 0 Å². The van der Waals surface area contributed by atoms with Crippen molar-refractivity contribution >= 4 is 23.3 Å². The molecule has 0 spiro atoms. The molecule has 0 aliphatic heterocycles. The van der Waals surface area contributed by atoms with Crippen LogP contribution < -0.4 is 10.2 Å². The quantitative estimate of drug-likeness (QED) is 0.725. The van der Waals surface area contributed by atoms with Crippen LogP contribution in [0.2, 0.25) is 0 Å². The largest absolute Gasteiger partial charge is 0.458 e. The first kappa shape index (κ1) is 21.5. The molecule has 0 aliphatic carbocycles. The lowest BCUT2D eigenvalue weighted by molar-refractivity contribution is -0.159. The van der Waals surface area contributed by atoms with E-state index in [9.17, 15) is 9.59 Å². The first-order chi connectivity index (χ1) is 13.2. The number of hydrogen-bond donors (Lipinski definition) is 1. The highest BCUT2D eigenvalue weighted by atomic mass is 16.6. The molecular weight excluding hydrogens is 352 g/mol. The molecule has 0 radical (unpaired) electrons. The van der Waals surface area contributed by atoms with Crippen LogP contribution in [0, 0.1) is 5.92 Å². The second-order valence-corrected chi connectivity index (χ2v) is 8.08. The molecule has 2 rings (SSSR count). The normalized spacial score (nSPS) is 12.4. The Balaban J connectivity index is 2.17. The molecule has 2 aromatic rings. The van der Waals surface area contributed by atoms with Gasteiger partial charge in [-0.2, -0.15) is 0 Å². The average molecular weight is 383 g/mol. The van der Waals surface area contributed by atoms with E-state index in [1.165, 1.54) is 0 Å². The van der Waals surface area contributed by atoms with Crippen molar-refractivity contribution < 1.29 is 14.3 Å². The van der Waals surface area contributed by atoms with Gasteiger partial charge in [-0.25, -0.2) is 4.79 Å². The van der Waals surface area contributed by atoms with Gasteiger partial charge in [-0.15, -0.1) is 0 Å². The fourth-order valence-electron chi connectivity index (χ4n) is 2.77. The summed E-state index contributed by atoms with van der Waals surface area (Å²) in [6, 6.07) is 18.7. The van der Waals surface area contributed by atoms with Gasteiger partial charge in [0.05, 0.1) is 0 Å². The van der Waals surface area contributed by atoms with E-state index in [4.69, 9.17) is 4.74 Å². The highest BCUT2D eigenvalue weighted by Crippen LogP contribution is 2.24. The first-order valence-corrected chi connectivity index (χ1v) is 9.57. The van der Waals surface area contributed by atoms with Crippen molar-refractivity contribution in [2.24, 2.45) is 5.92 Å². The summed E-state index contributed by atoms with van der Waals surface area (Å²) in [5.41, 5.74) is 1.21. The van der Waals surface area contributed by atoms with Gasteiger partial charge in [-0.3, -0.25) is 4.79 Å². The number of nitrogens with one attached hydrogen (secondary N) is 1. The van der Waals surface area contributed by atoms with Crippen LogP contribution in [-0.4, -0.2) is 30.1 Å². The number of rotatable bonds is 7. The second kappa shape index (κ2) is 9.40. The monoisotopic (exact) mass is 382 g/mol. The summed E-state index contributed by atoms with van der Waals surface area (Å²) in [7, 11) is 0. The number of hydrogen-bond acceptors (Lipinski definition) is 4. The molecule has 0 fully saturated rings. The summed E-state index contributed by atoms with van der Waals surface area (Å²) in [6.45, 7) is 9.33. The van der Waals surface area contributed by atoms with Crippen LogP contribution in [0.15, 0.2) is 60.7 Å². The maximum absolute atomic E-state index is 12.8. The summed E-state index contributed by atoms with van der Waals surface area (Å²) in [5.74, 6) is -0.736. The maximum Gasteiger partial charge on any atom is 0.329 e. The number of anilines is 2. The van der Waals surface area contributed by atoms with E-state index in [0.717, 1.165) is 11.4 Å². The van der Waals surface area contributed by atoms with Crippen LogP contribution >= 0.6 is 0 Å². The maximum atomic E-state index is 12.8. The topological polar surface area (TPSA) is 58.6 Å². The molecule has 0 saturated heterocycles. The number of benzene rings is 2. The van der Waals surface area contributed by atoms with E-state index < -0.39 is 17.6 Å². The lowest BCUT2D eigenvalue weighted by Gasteiger charge is -2.28. The van der Waals surface area contributed by atoms with Gasteiger partial charge in [0, 0.05) is 11.4 Å². The van der Waals surface area contributed by atoms with Gasteiger partial charge < -0.3 is 15.0 Å². The zero-order valence-corrected chi connectivity index (χ0v) is 17.3. The predicted molar refractivity (Wildman–Crippen MR) is 113 cm³/mol. The SMILES string of the molecule is CC(C)[C@H](NC(=O)CN(c1ccccc1)c1ccccc1)C(=O)OC(C)(C)C. The molecule has 1 amide bonds. The summed E-state index contributed by atoms with van der Waals surface area (Å²) in [6.07, 6.45) is 0. The Hall–Kier alpha value is -2.82. The molecule has 150 valence electrons. The third-order valence-electron chi connectivity index (χ3n) is 4.08. The lowest BCUT2D eigenvalue weighted by atomic mass is 10.0. The molecule has 0 aliphatic rings. The highest BCUT2D eigenvalue weighted by Gasteiger charge is 2.29. The zero-order chi connectivity index (χ0) is 20.7. The molecule has 1 atom stereocenters. The Morgan fingerprint density at radius 3 is 1.79 bits per heavy atom. The number of ether oxygens (including phenoxy) is 1. The molecule has 1 N–H and O–H groups in total. The third-order valence-corrected chi connectivity index (χ3v) is 4.08. The van der Waals surface area contributed by atoms with E-state index in [2.05, 4.69) is 5.32 Å². The number of amides is 1. The Morgan fingerprint density at radius 1 is 0.929 bits per heavy atom. The Morgan fingerprint density at radius 2 is 1.39 bits per heavy atom. The van der Waals surface area contributed by atoms with Gasteiger partial charge in [-0.05, 0) is 51.0 Å². The standard InChI is InChI=1S/C23H30N2O3/c1-17(2)21(22(27)28-23(3,4)5)24-20(26)16-25(18-12-8-6-9-13-18)19-14-10-7-11-15-19/h6-15,17,21H,16H2,1-5H3,(H,24,26)/t21-/m0/s1. The number of para-hydroxylation sites is 2. The molecule has 0 saturated carbocycles. The number of carbonyl (C=O) groups excluding carboxylic acids is 2. The summed E-state index contributed by atoms with van der Waals surface area (Å²) in [5, 5.41) is 2.85. The number of esters is 1. The molecule has 0 aromatic heterocycles. The van der Waals surface area contributed by atoms with Crippen molar-refractivity contribution in [3.05, 3.63) is 60.7 Å². The Labute approximate surface area is 167 Å². The Kier molecular flexibility index (Phi) is 7.21. The van der Waals surface area contributed by atoms with Crippen LogP contribution in [0.1, 0.15) is 34.6 Å². The van der Waals surface area contributed by atoms with Crippen molar-refractivity contribution in [2.45, 2.75) is 46.3 Å². The highest BCUT2D eigenvalue weighted by molar-refractivity contribution is 5.89. The predicted octanol–water partition coefficient (Wildman–Crippen LogP) is 4.31. The molecule has 0 bridgehead atoms. The smallest absolute Gasteiger partial charge is 0.329 e. The Bertz CT molecular complexity index is 728. The first-order valence-electron chi connectivity index (χ1n) is 9.57. The van der Waals surface area contributed by atoms with Gasteiger partial charge in [0.2, 0.25) is 5.91 Å². The van der Waals surface area contributed by atoms with E-state index in [1.54, 1.807) is 0 Å². The molecule has 2 aromatic carbocycles. The minimum atomic E-state index is -0.694. The van der Waals surface area contributed by atoms with Gasteiger partial charge in [0.25, 0.3) is 0 Å². The molecular formula is C23H30N2O3. The van der Waals surface area contributed by atoms with Crippen LogP contribution in [0.4, 0.5) is 11.4 Å².